The van der Waals surface area contributed by atoms with E-state index in [1.165, 1.54) is 0 Å². The summed E-state index contributed by atoms with van der Waals surface area (Å²) in [5, 5.41) is 0. The van der Waals surface area contributed by atoms with Gasteiger partial charge in [0.25, 0.3) is 0 Å². The Labute approximate surface area is 88.2 Å². The number of para-hydroxylation sites is 2. The lowest BCUT2D eigenvalue weighted by Gasteiger charge is -2.07. The van der Waals surface area contributed by atoms with Gasteiger partial charge in [0.2, 0.25) is 0 Å². The molecular formula is C12H11NO2. The number of hydrogen-bond donors (Lipinski definition) is 1. The Morgan fingerprint density at radius 3 is 1.40 bits per heavy atom. The van der Waals surface area contributed by atoms with Crippen LogP contribution in [-0.2, 0) is 0 Å². The Balaban J connectivity index is 1.81. The second-order valence-electron chi connectivity index (χ2n) is 2.91. The predicted molar refractivity (Wildman–Crippen MR) is 57.3 cm³/mol. The average molecular weight is 201 g/mol. The molecule has 3 nitrogen and oxygen atoms in total. The molecule has 0 spiro atoms. The zero-order valence-electron chi connectivity index (χ0n) is 8.09. The van der Waals surface area contributed by atoms with Crippen molar-refractivity contribution in [1.29, 1.82) is 0 Å². The topological polar surface area (TPSA) is 30.5 Å². The first-order chi connectivity index (χ1) is 7.45. The maximum absolute atomic E-state index is 5.14. The van der Waals surface area contributed by atoms with Gasteiger partial charge in [-0.25, -0.2) is 0 Å². The normalized spacial score (nSPS) is 9.60. The predicted octanol–water partition coefficient (Wildman–Crippen LogP) is 2.56. The Bertz CT molecular complexity index is 349. The van der Waals surface area contributed by atoms with Crippen LogP contribution in [0.1, 0.15) is 0 Å². The fraction of sp³-hybridized carbons (Fsp3) is 0. The SMILES string of the molecule is c1ccc(ONOc2ccccc2)cc1. The third-order valence-corrected chi connectivity index (χ3v) is 1.81. The first-order valence-corrected chi connectivity index (χ1v) is 4.64. The van der Waals surface area contributed by atoms with E-state index in [1.54, 1.807) is 0 Å². The minimum atomic E-state index is 0.702. The molecule has 0 aliphatic carbocycles. The van der Waals surface area contributed by atoms with Crippen LogP contribution in [0.15, 0.2) is 60.7 Å². The maximum atomic E-state index is 5.14. The van der Waals surface area contributed by atoms with Crippen molar-refractivity contribution in [2.45, 2.75) is 0 Å². The van der Waals surface area contributed by atoms with Crippen LogP contribution in [0.2, 0.25) is 0 Å². The monoisotopic (exact) mass is 201 g/mol. The molecule has 0 fully saturated rings. The summed E-state index contributed by atoms with van der Waals surface area (Å²) in [5.41, 5.74) is 2.42. The van der Waals surface area contributed by atoms with Crippen molar-refractivity contribution >= 4 is 0 Å². The molecular weight excluding hydrogens is 190 g/mol. The van der Waals surface area contributed by atoms with E-state index < -0.39 is 0 Å². The van der Waals surface area contributed by atoms with Crippen LogP contribution in [0.5, 0.6) is 11.5 Å². The Hall–Kier alpha value is -2.00. The van der Waals surface area contributed by atoms with Crippen LogP contribution in [0, 0.1) is 0 Å². The minimum absolute atomic E-state index is 0.702. The smallest absolute Gasteiger partial charge is 0.151 e. The summed E-state index contributed by atoms with van der Waals surface area (Å²) in [6.45, 7) is 0. The van der Waals surface area contributed by atoms with Crippen LogP contribution in [0.3, 0.4) is 0 Å². The quantitative estimate of drug-likeness (QED) is 0.771. The summed E-state index contributed by atoms with van der Waals surface area (Å²) < 4.78 is 0. The third-order valence-electron chi connectivity index (χ3n) is 1.81. The summed E-state index contributed by atoms with van der Waals surface area (Å²) >= 11 is 0. The number of benzene rings is 2. The molecule has 0 atom stereocenters. The van der Waals surface area contributed by atoms with E-state index in [9.17, 15) is 0 Å². The molecule has 15 heavy (non-hydrogen) atoms. The summed E-state index contributed by atoms with van der Waals surface area (Å²) in [4.78, 5) is 10.3. The van der Waals surface area contributed by atoms with Crippen molar-refractivity contribution in [2.24, 2.45) is 0 Å². The highest BCUT2D eigenvalue weighted by Gasteiger charge is 1.92. The van der Waals surface area contributed by atoms with Crippen molar-refractivity contribution in [3.8, 4) is 11.5 Å². The third kappa shape index (κ3) is 3.00. The van der Waals surface area contributed by atoms with Gasteiger partial charge in [0.15, 0.2) is 11.5 Å². The van der Waals surface area contributed by atoms with Crippen molar-refractivity contribution in [3.05, 3.63) is 60.7 Å². The number of rotatable bonds is 4. The highest BCUT2D eigenvalue weighted by Crippen LogP contribution is 2.09. The molecule has 0 bridgehead atoms. The molecule has 2 rings (SSSR count). The molecule has 3 heteroatoms. The lowest BCUT2D eigenvalue weighted by Crippen LogP contribution is -2.22. The van der Waals surface area contributed by atoms with E-state index in [4.69, 9.17) is 9.68 Å². The summed E-state index contributed by atoms with van der Waals surface area (Å²) in [6, 6.07) is 18.7. The molecule has 0 saturated carbocycles. The molecule has 0 aliphatic heterocycles. The van der Waals surface area contributed by atoms with E-state index in [1.807, 2.05) is 60.7 Å². The Kier molecular flexibility index (Phi) is 3.20. The molecule has 0 heterocycles. The van der Waals surface area contributed by atoms with Crippen LogP contribution in [0.4, 0.5) is 0 Å². The van der Waals surface area contributed by atoms with E-state index in [0.717, 1.165) is 0 Å². The highest BCUT2D eigenvalue weighted by atomic mass is 16.9. The first-order valence-electron chi connectivity index (χ1n) is 4.64. The maximum Gasteiger partial charge on any atom is 0.151 e. The van der Waals surface area contributed by atoms with Crippen LogP contribution >= 0.6 is 0 Å². The van der Waals surface area contributed by atoms with Crippen LogP contribution < -0.4 is 15.3 Å². The van der Waals surface area contributed by atoms with E-state index >= 15 is 0 Å². The van der Waals surface area contributed by atoms with Gasteiger partial charge in [0.05, 0.1) is 0 Å². The molecule has 0 unspecified atom stereocenters. The first kappa shape index (κ1) is 9.55. The fourth-order valence-electron chi connectivity index (χ4n) is 1.09. The molecule has 2 aromatic carbocycles. The summed E-state index contributed by atoms with van der Waals surface area (Å²) in [6.07, 6.45) is 0. The molecule has 1 N–H and O–H groups in total. The summed E-state index contributed by atoms with van der Waals surface area (Å²) in [7, 11) is 0. The van der Waals surface area contributed by atoms with Gasteiger partial charge < -0.3 is 9.68 Å². The van der Waals surface area contributed by atoms with Crippen molar-refractivity contribution in [3.63, 3.8) is 0 Å². The minimum Gasteiger partial charge on any atom is -0.374 e. The van der Waals surface area contributed by atoms with Gasteiger partial charge in [0.1, 0.15) is 0 Å². The second kappa shape index (κ2) is 5.02. The Morgan fingerprint density at radius 2 is 1.00 bits per heavy atom. The molecule has 0 aliphatic rings. The van der Waals surface area contributed by atoms with Crippen molar-refractivity contribution in [1.82, 2.24) is 5.64 Å². The van der Waals surface area contributed by atoms with Gasteiger partial charge in [-0.05, 0) is 24.3 Å². The Morgan fingerprint density at radius 1 is 0.600 bits per heavy atom. The van der Waals surface area contributed by atoms with E-state index in [2.05, 4.69) is 5.64 Å². The van der Waals surface area contributed by atoms with Gasteiger partial charge in [-0.1, -0.05) is 36.4 Å². The number of nitrogens with one attached hydrogen (secondary N) is 1. The average Bonchev–Trinajstić information content (AvgIpc) is 2.32. The summed E-state index contributed by atoms with van der Waals surface area (Å²) in [5.74, 6) is 1.40. The lowest BCUT2D eigenvalue weighted by atomic mass is 10.3. The van der Waals surface area contributed by atoms with E-state index in [0.29, 0.717) is 11.5 Å². The van der Waals surface area contributed by atoms with Crippen LogP contribution in [0.25, 0.3) is 0 Å². The van der Waals surface area contributed by atoms with Gasteiger partial charge >= 0.3 is 0 Å². The zero-order chi connectivity index (χ0) is 10.3. The molecule has 0 radical (unpaired) electrons. The highest BCUT2D eigenvalue weighted by molar-refractivity contribution is 5.21. The largest absolute Gasteiger partial charge is 0.374 e. The van der Waals surface area contributed by atoms with Gasteiger partial charge in [-0.3, -0.25) is 0 Å². The standard InChI is InChI=1S/C12H11NO2/c1-3-7-11(8-4-1)14-13-15-12-9-5-2-6-10-12/h1-10,13H. The van der Waals surface area contributed by atoms with Crippen molar-refractivity contribution in [2.75, 3.05) is 0 Å². The molecule has 0 saturated heterocycles. The molecule has 0 amide bonds. The zero-order valence-corrected chi connectivity index (χ0v) is 8.09. The van der Waals surface area contributed by atoms with Gasteiger partial charge in [-0.2, -0.15) is 0 Å². The second-order valence-corrected chi connectivity index (χ2v) is 2.91. The van der Waals surface area contributed by atoms with E-state index in [-0.39, 0.29) is 0 Å². The van der Waals surface area contributed by atoms with Gasteiger partial charge in [-0.15, -0.1) is 0 Å². The molecule has 0 aromatic heterocycles. The lowest BCUT2D eigenvalue weighted by molar-refractivity contribution is -0.0191. The molecule has 76 valence electrons. The fourth-order valence-corrected chi connectivity index (χ4v) is 1.09. The number of hydrogen-bond acceptors (Lipinski definition) is 3. The van der Waals surface area contributed by atoms with Gasteiger partial charge in [0, 0.05) is 5.64 Å². The molecule has 2 aromatic rings. The van der Waals surface area contributed by atoms with Crippen molar-refractivity contribution < 1.29 is 9.68 Å². The van der Waals surface area contributed by atoms with Crippen LogP contribution in [-0.4, -0.2) is 0 Å².